The summed E-state index contributed by atoms with van der Waals surface area (Å²) in [4.78, 5) is 25.4. The molecule has 1 aromatic carbocycles. The molecule has 1 aromatic rings. The van der Waals surface area contributed by atoms with Crippen LogP contribution >= 0.6 is 11.6 Å². The van der Waals surface area contributed by atoms with E-state index in [2.05, 4.69) is 4.74 Å². The van der Waals surface area contributed by atoms with Crippen LogP contribution in [0.4, 0.5) is 5.69 Å². The van der Waals surface area contributed by atoms with Gasteiger partial charge in [0.1, 0.15) is 0 Å². The second kappa shape index (κ2) is 7.88. The molecule has 0 bridgehead atoms. The summed E-state index contributed by atoms with van der Waals surface area (Å²) in [6.07, 6.45) is 0.158. The van der Waals surface area contributed by atoms with E-state index in [1.807, 2.05) is 13.8 Å². The van der Waals surface area contributed by atoms with Crippen molar-refractivity contribution in [1.82, 2.24) is 4.90 Å². The van der Waals surface area contributed by atoms with E-state index < -0.39 is 0 Å². The maximum Gasteiger partial charge on any atom is 0.307 e. The van der Waals surface area contributed by atoms with Gasteiger partial charge in [0.15, 0.2) is 0 Å². The molecule has 116 valence electrons. The molecule has 0 aliphatic carbocycles. The van der Waals surface area contributed by atoms with Crippen LogP contribution in [0.25, 0.3) is 0 Å². The first-order valence-corrected chi connectivity index (χ1v) is 7.13. The Morgan fingerprint density at radius 1 is 1.33 bits per heavy atom. The van der Waals surface area contributed by atoms with E-state index in [4.69, 9.17) is 17.3 Å². The topological polar surface area (TPSA) is 72.6 Å². The van der Waals surface area contributed by atoms with Gasteiger partial charge >= 0.3 is 5.97 Å². The normalized spacial score (nSPS) is 10.5. The molecular weight excluding hydrogens is 292 g/mol. The largest absolute Gasteiger partial charge is 0.469 e. The van der Waals surface area contributed by atoms with Crippen molar-refractivity contribution in [3.05, 3.63) is 28.8 Å². The first-order chi connectivity index (χ1) is 9.83. The Bertz CT molecular complexity index is 497. The van der Waals surface area contributed by atoms with Gasteiger partial charge in [-0.25, -0.2) is 0 Å². The molecule has 21 heavy (non-hydrogen) atoms. The second-order valence-electron chi connectivity index (χ2n) is 5.24. The highest BCUT2D eigenvalue weighted by atomic mass is 35.5. The minimum atomic E-state index is -0.345. The number of rotatable bonds is 6. The molecule has 0 fully saturated rings. The quantitative estimate of drug-likeness (QED) is 0.647. The molecule has 6 heteroatoms. The van der Waals surface area contributed by atoms with Crippen LogP contribution in [0.5, 0.6) is 0 Å². The zero-order chi connectivity index (χ0) is 16.0. The van der Waals surface area contributed by atoms with Crippen molar-refractivity contribution in [1.29, 1.82) is 0 Å². The maximum atomic E-state index is 12.5. The number of hydrogen-bond donors (Lipinski definition) is 1. The number of amides is 1. The van der Waals surface area contributed by atoms with Gasteiger partial charge < -0.3 is 15.4 Å². The number of benzene rings is 1. The van der Waals surface area contributed by atoms with Crippen LogP contribution in [0.3, 0.4) is 0 Å². The van der Waals surface area contributed by atoms with Gasteiger partial charge in [0, 0.05) is 29.4 Å². The van der Waals surface area contributed by atoms with Crippen LogP contribution in [0, 0.1) is 5.92 Å². The van der Waals surface area contributed by atoms with Gasteiger partial charge in [-0.15, -0.1) is 0 Å². The van der Waals surface area contributed by atoms with E-state index in [-0.39, 0.29) is 24.2 Å². The van der Waals surface area contributed by atoms with Gasteiger partial charge in [-0.3, -0.25) is 9.59 Å². The summed E-state index contributed by atoms with van der Waals surface area (Å²) in [5.41, 5.74) is 6.57. The molecule has 1 amide bonds. The number of esters is 1. The van der Waals surface area contributed by atoms with E-state index in [1.165, 1.54) is 7.11 Å². The predicted molar refractivity (Wildman–Crippen MR) is 83.2 cm³/mol. The lowest BCUT2D eigenvalue weighted by Crippen LogP contribution is -2.36. The Morgan fingerprint density at radius 2 is 2.00 bits per heavy atom. The molecule has 5 nitrogen and oxygen atoms in total. The van der Waals surface area contributed by atoms with Gasteiger partial charge in [-0.2, -0.15) is 0 Å². The number of carbonyl (C=O) groups is 2. The maximum absolute atomic E-state index is 12.5. The monoisotopic (exact) mass is 312 g/mol. The standard InChI is InChI=1S/C15H21ClN2O3/c1-10(2)9-18(5-4-14(19)21-3)15(20)11-6-12(16)8-13(17)7-11/h6-8,10H,4-5,9,17H2,1-3H3. The fourth-order valence-electron chi connectivity index (χ4n) is 1.96. The van der Waals surface area contributed by atoms with Crippen molar-refractivity contribution in [3.63, 3.8) is 0 Å². The Hall–Kier alpha value is -1.75. The van der Waals surface area contributed by atoms with Crippen molar-refractivity contribution >= 4 is 29.2 Å². The number of nitrogens with two attached hydrogens (primary N) is 1. The lowest BCUT2D eigenvalue weighted by molar-refractivity contribution is -0.140. The van der Waals surface area contributed by atoms with Gasteiger partial charge in [-0.1, -0.05) is 25.4 Å². The third kappa shape index (κ3) is 5.63. The molecule has 0 unspecified atom stereocenters. The van der Waals surface area contributed by atoms with Gasteiger partial charge in [-0.05, 0) is 24.1 Å². The lowest BCUT2D eigenvalue weighted by atomic mass is 10.1. The van der Waals surface area contributed by atoms with E-state index in [0.717, 1.165) is 0 Å². The molecule has 0 atom stereocenters. The van der Waals surface area contributed by atoms with Gasteiger partial charge in [0.2, 0.25) is 0 Å². The molecule has 0 aliphatic heterocycles. The minimum Gasteiger partial charge on any atom is -0.469 e. The van der Waals surface area contributed by atoms with E-state index in [0.29, 0.717) is 29.4 Å². The van der Waals surface area contributed by atoms with Crippen molar-refractivity contribution in [3.8, 4) is 0 Å². The highest BCUT2D eigenvalue weighted by Crippen LogP contribution is 2.18. The zero-order valence-corrected chi connectivity index (χ0v) is 13.3. The summed E-state index contributed by atoms with van der Waals surface area (Å²) in [5.74, 6) is -0.257. The van der Waals surface area contributed by atoms with E-state index >= 15 is 0 Å². The van der Waals surface area contributed by atoms with Crippen molar-refractivity contribution in [2.45, 2.75) is 20.3 Å². The smallest absolute Gasteiger partial charge is 0.307 e. The number of nitrogens with zero attached hydrogens (tertiary/aromatic N) is 1. The Morgan fingerprint density at radius 3 is 2.52 bits per heavy atom. The van der Waals surface area contributed by atoms with Crippen LogP contribution in [-0.2, 0) is 9.53 Å². The molecule has 0 heterocycles. The highest BCUT2D eigenvalue weighted by molar-refractivity contribution is 6.31. The third-order valence-electron chi connectivity index (χ3n) is 2.85. The minimum absolute atomic E-state index is 0.158. The second-order valence-corrected chi connectivity index (χ2v) is 5.68. The highest BCUT2D eigenvalue weighted by Gasteiger charge is 2.19. The fourth-order valence-corrected chi connectivity index (χ4v) is 2.21. The molecule has 0 saturated carbocycles. The number of ether oxygens (including phenoxy) is 1. The van der Waals surface area contributed by atoms with Crippen LogP contribution in [0.15, 0.2) is 18.2 Å². The first kappa shape index (κ1) is 17.3. The Kier molecular flexibility index (Phi) is 6.49. The van der Waals surface area contributed by atoms with Crippen LogP contribution < -0.4 is 5.73 Å². The molecule has 0 saturated heterocycles. The fraction of sp³-hybridized carbons (Fsp3) is 0.467. The number of halogens is 1. The van der Waals surface area contributed by atoms with Crippen molar-refractivity contribution in [2.24, 2.45) is 5.92 Å². The van der Waals surface area contributed by atoms with E-state index in [1.54, 1.807) is 23.1 Å². The summed E-state index contributed by atoms with van der Waals surface area (Å²) >= 11 is 5.93. The predicted octanol–water partition coefficient (Wildman–Crippen LogP) is 2.58. The molecule has 0 aliphatic rings. The van der Waals surface area contributed by atoms with Crippen LogP contribution in [-0.4, -0.2) is 37.0 Å². The lowest BCUT2D eigenvalue weighted by Gasteiger charge is -2.24. The average Bonchev–Trinajstić information content (AvgIpc) is 2.40. The third-order valence-corrected chi connectivity index (χ3v) is 3.07. The summed E-state index contributed by atoms with van der Waals surface area (Å²) in [6.45, 7) is 4.86. The number of methoxy groups -OCH3 is 1. The van der Waals surface area contributed by atoms with Crippen LogP contribution in [0.2, 0.25) is 5.02 Å². The summed E-state index contributed by atoms with van der Waals surface area (Å²) in [7, 11) is 1.33. The molecule has 0 radical (unpaired) electrons. The Balaban J connectivity index is 2.90. The summed E-state index contributed by atoms with van der Waals surface area (Å²) < 4.78 is 4.61. The number of anilines is 1. The zero-order valence-electron chi connectivity index (χ0n) is 12.6. The molecule has 0 spiro atoms. The van der Waals surface area contributed by atoms with Crippen molar-refractivity contribution < 1.29 is 14.3 Å². The number of nitrogen functional groups attached to an aromatic ring is 1. The first-order valence-electron chi connectivity index (χ1n) is 6.75. The van der Waals surface area contributed by atoms with E-state index in [9.17, 15) is 9.59 Å². The molecule has 1 rings (SSSR count). The SMILES string of the molecule is COC(=O)CCN(CC(C)C)C(=O)c1cc(N)cc(Cl)c1. The molecule has 2 N–H and O–H groups in total. The van der Waals surface area contributed by atoms with Gasteiger partial charge in [0.25, 0.3) is 5.91 Å². The Labute approximate surface area is 130 Å². The molecular formula is C15H21ClN2O3. The number of hydrogen-bond acceptors (Lipinski definition) is 4. The summed E-state index contributed by atoms with van der Waals surface area (Å²) in [5, 5.41) is 0.413. The van der Waals surface area contributed by atoms with Gasteiger partial charge in [0.05, 0.1) is 13.5 Å². The molecule has 0 aromatic heterocycles. The van der Waals surface area contributed by atoms with Crippen LogP contribution in [0.1, 0.15) is 30.6 Å². The van der Waals surface area contributed by atoms with Crippen molar-refractivity contribution in [2.75, 3.05) is 25.9 Å². The number of carbonyl (C=O) groups excluding carboxylic acids is 2. The average molecular weight is 313 g/mol. The summed E-state index contributed by atoms with van der Waals surface area (Å²) in [6, 6.07) is 4.74.